The van der Waals surface area contributed by atoms with Crippen molar-refractivity contribution < 1.29 is 42.9 Å². The van der Waals surface area contributed by atoms with Crippen LogP contribution in [0.15, 0.2) is 109 Å². The lowest BCUT2D eigenvalue weighted by Gasteiger charge is -2.17. The van der Waals surface area contributed by atoms with Gasteiger partial charge in [-0.05, 0) is 111 Å². The first-order valence-corrected chi connectivity index (χ1v) is 16.3. The molecule has 0 saturated carbocycles. The van der Waals surface area contributed by atoms with Crippen LogP contribution in [-0.4, -0.2) is 37.1 Å². The van der Waals surface area contributed by atoms with Gasteiger partial charge in [-0.3, -0.25) is 0 Å². The molecule has 0 saturated heterocycles. The van der Waals surface area contributed by atoms with E-state index >= 15 is 0 Å². The summed E-state index contributed by atoms with van der Waals surface area (Å²) in [7, 11) is 0. The van der Waals surface area contributed by atoms with Crippen LogP contribution in [0.2, 0.25) is 0 Å². The maximum Gasteiger partial charge on any atom is 0.343 e. The summed E-state index contributed by atoms with van der Waals surface area (Å²) in [5.74, 6) is -0.669. The molecule has 9 nitrogen and oxygen atoms in total. The highest BCUT2D eigenvalue weighted by atomic mass is 16.5. The van der Waals surface area contributed by atoms with Crippen molar-refractivity contribution in [3.8, 4) is 5.75 Å². The quantitative estimate of drug-likeness (QED) is 0.0363. The van der Waals surface area contributed by atoms with E-state index in [0.29, 0.717) is 66.3 Å². The zero-order valence-corrected chi connectivity index (χ0v) is 28.3. The fourth-order valence-corrected chi connectivity index (χ4v) is 4.77. The van der Waals surface area contributed by atoms with Crippen molar-refractivity contribution in [1.82, 2.24) is 0 Å². The molecule has 0 spiro atoms. The third-order valence-corrected chi connectivity index (χ3v) is 7.37. The van der Waals surface area contributed by atoms with Crippen molar-refractivity contribution in [2.75, 3.05) is 13.2 Å². The first kappa shape index (κ1) is 38.0. The molecule has 1 aliphatic carbocycles. The predicted octanol–water partition coefficient (Wildman–Crippen LogP) is 8.53. The first-order chi connectivity index (χ1) is 23.5. The number of unbranched alkanes of at least 4 members (excludes halogenated alkanes) is 3. The van der Waals surface area contributed by atoms with Gasteiger partial charge in [-0.2, -0.15) is 0 Å². The van der Waals surface area contributed by atoms with Crippen LogP contribution in [0.25, 0.3) is 6.08 Å². The summed E-state index contributed by atoms with van der Waals surface area (Å²) in [4.78, 5) is 48.7. The number of carbonyl (C=O) groups excluding carboxylic acids is 4. The van der Waals surface area contributed by atoms with Crippen molar-refractivity contribution in [1.29, 1.82) is 0 Å². The molecule has 0 aromatic heterocycles. The van der Waals surface area contributed by atoms with Crippen LogP contribution in [-0.2, 0) is 35.0 Å². The number of carbonyl (C=O) groups is 4. The van der Waals surface area contributed by atoms with Crippen LogP contribution < -0.4 is 4.74 Å². The Kier molecular flexibility index (Phi) is 15.0. The van der Waals surface area contributed by atoms with E-state index in [1.54, 1.807) is 61.5 Å². The Morgan fingerprint density at radius 1 is 0.837 bits per heavy atom. The van der Waals surface area contributed by atoms with Gasteiger partial charge in [0.2, 0.25) is 0 Å². The summed E-state index contributed by atoms with van der Waals surface area (Å²) in [5, 5.41) is 0. The molecule has 0 fully saturated rings. The fraction of sp³-hybridized carbons (Fsp3) is 0.300. The number of hydrogen-bond donors (Lipinski definition) is 0. The summed E-state index contributed by atoms with van der Waals surface area (Å²) in [6.07, 6.45) is 10.2. The second-order valence-electron chi connectivity index (χ2n) is 11.4. The fourth-order valence-electron chi connectivity index (χ4n) is 4.77. The molecular formula is C40H44O9. The second kappa shape index (κ2) is 19.4. The monoisotopic (exact) mass is 668 g/mol. The van der Waals surface area contributed by atoms with E-state index in [2.05, 4.69) is 26.3 Å². The molecule has 0 amide bonds. The molecule has 2 aromatic rings. The number of ether oxygens (including phenoxy) is 5. The highest BCUT2D eigenvalue weighted by Crippen LogP contribution is 2.27. The molecule has 3 rings (SSSR count). The Bertz CT molecular complexity index is 1640. The van der Waals surface area contributed by atoms with Gasteiger partial charge in [-0.15, -0.1) is 0 Å². The van der Waals surface area contributed by atoms with Gasteiger partial charge in [0, 0.05) is 18.1 Å². The minimum Gasteiger partial charge on any atom is -0.494 e. The van der Waals surface area contributed by atoms with Gasteiger partial charge in [0.25, 0.3) is 0 Å². The van der Waals surface area contributed by atoms with E-state index in [9.17, 15) is 19.2 Å². The predicted molar refractivity (Wildman–Crippen MR) is 187 cm³/mol. The molecule has 0 radical (unpaired) electrons. The van der Waals surface area contributed by atoms with Crippen molar-refractivity contribution in [3.63, 3.8) is 0 Å². The first-order valence-electron chi connectivity index (χ1n) is 16.3. The number of fused-ring (bicyclic) bond motifs is 1. The number of hydrogen-bond acceptors (Lipinski definition) is 9. The van der Waals surface area contributed by atoms with Crippen LogP contribution in [0.3, 0.4) is 0 Å². The molecule has 0 bridgehead atoms. The highest BCUT2D eigenvalue weighted by molar-refractivity contribution is 5.92. The Balaban J connectivity index is 1.47. The maximum atomic E-state index is 13.0. The van der Waals surface area contributed by atoms with E-state index < -0.39 is 17.9 Å². The van der Waals surface area contributed by atoms with Gasteiger partial charge in [-0.25, -0.2) is 19.2 Å². The van der Waals surface area contributed by atoms with Crippen LogP contribution in [0.5, 0.6) is 5.75 Å². The molecule has 0 heterocycles. The average molecular weight is 669 g/mol. The minimum absolute atomic E-state index is 0.0777. The smallest absolute Gasteiger partial charge is 0.343 e. The van der Waals surface area contributed by atoms with Crippen LogP contribution in [0, 0.1) is 0 Å². The lowest BCUT2D eigenvalue weighted by atomic mass is 9.94. The molecule has 0 aliphatic heterocycles. The molecule has 258 valence electrons. The number of aryl methyl sites for hydroxylation is 1. The van der Waals surface area contributed by atoms with Crippen molar-refractivity contribution >= 4 is 30.0 Å². The SMILES string of the molecule is C=CC(=O)OC1=Cc2ccc(C(=O)OC(=C)/C(=C\C(=C)OC(=O)c3ccc(OCCCCCCOC(=O)C(=C)C)cc3)CCC)cc2CC1. The lowest BCUT2D eigenvalue weighted by molar-refractivity contribution is -0.139. The van der Waals surface area contributed by atoms with Crippen LogP contribution in [0.1, 0.15) is 90.6 Å². The summed E-state index contributed by atoms with van der Waals surface area (Å²) in [6.45, 7) is 19.2. The Labute approximate surface area is 288 Å². The molecule has 0 N–H and O–H groups in total. The van der Waals surface area contributed by atoms with Gasteiger partial charge in [0.15, 0.2) is 0 Å². The zero-order chi connectivity index (χ0) is 35.8. The Hall–Kier alpha value is -5.44. The third-order valence-electron chi connectivity index (χ3n) is 7.37. The number of benzene rings is 2. The van der Waals surface area contributed by atoms with Crippen molar-refractivity contribution in [2.45, 2.75) is 65.2 Å². The van der Waals surface area contributed by atoms with Crippen LogP contribution in [0.4, 0.5) is 0 Å². The van der Waals surface area contributed by atoms with Gasteiger partial charge >= 0.3 is 23.9 Å². The molecule has 0 atom stereocenters. The van der Waals surface area contributed by atoms with E-state index in [0.717, 1.165) is 49.3 Å². The maximum absolute atomic E-state index is 13.0. The second-order valence-corrected chi connectivity index (χ2v) is 11.4. The average Bonchev–Trinajstić information content (AvgIpc) is 3.08. The van der Waals surface area contributed by atoms with Gasteiger partial charge < -0.3 is 23.7 Å². The van der Waals surface area contributed by atoms with E-state index in [1.807, 2.05) is 6.92 Å². The van der Waals surface area contributed by atoms with Crippen molar-refractivity contribution in [3.05, 3.63) is 132 Å². The van der Waals surface area contributed by atoms with Gasteiger partial charge in [0.1, 0.15) is 23.0 Å². The van der Waals surface area contributed by atoms with Gasteiger partial charge in [0.05, 0.1) is 24.3 Å². The molecular weight excluding hydrogens is 624 g/mol. The molecule has 49 heavy (non-hydrogen) atoms. The topological polar surface area (TPSA) is 114 Å². The summed E-state index contributed by atoms with van der Waals surface area (Å²) < 4.78 is 27.1. The number of esters is 4. The number of allylic oxidation sites excluding steroid dienone is 3. The van der Waals surface area contributed by atoms with Gasteiger partial charge in [-0.1, -0.05) is 45.7 Å². The standard InChI is InChI=1S/C40H44O9/c1-7-13-31(29(6)48-40(44)34-15-14-33-26-36(49-37(41)8-2)21-18-32(33)25-34)24-28(5)47-39(43)30-16-19-35(20-17-30)45-22-11-9-10-12-23-46-38(42)27(3)4/h8,14-17,19-20,24-26H,2-3,5-7,9-13,18,21-23H2,1,4H3/b31-24-. The number of rotatable bonds is 19. The summed E-state index contributed by atoms with van der Waals surface area (Å²) in [5.41, 5.74) is 3.42. The summed E-state index contributed by atoms with van der Waals surface area (Å²) >= 11 is 0. The summed E-state index contributed by atoms with van der Waals surface area (Å²) in [6, 6.07) is 11.8. The molecule has 9 heteroatoms. The van der Waals surface area contributed by atoms with Crippen LogP contribution >= 0.6 is 0 Å². The largest absolute Gasteiger partial charge is 0.494 e. The molecule has 1 aliphatic rings. The molecule has 2 aromatic carbocycles. The highest BCUT2D eigenvalue weighted by Gasteiger charge is 2.18. The van der Waals surface area contributed by atoms with Crippen molar-refractivity contribution in [2.24, 2.45) is 0 Å². The van der Waals surface area contributed by atoms with E-state index in [4.69, 9.17) is 23.7 Å². The lowest BCUT2D eigenvalue weighted by Crippen LogP contribution is -2.10. The zero-order valence-electron chi connectivity index (χ0n) is 28.3. The normalized spacial score (nSPS) is 12.0. The minimum atomic E-state index is -0.593. The third kappa shape index (κ3) is 12.6. The Morgan fingerprint density at radius 2 is 1.51 bits per heavy atom. The van der Waals surface area contributed by atoms with E-state index in [-0.39, 0.29) is 17.5 Å². The van der Waals surface area contributed by atoms with E-state index in [1.165, 1.54) is 0 Å². The Morgan fingerprint density at radius 3 is 2.18 bits per heavy atom. The molecule has 0 unspecified atom stereocenters.